The van der Waals surface area contributed by atoms with Crippen molar-refractivity contribution in [2.45, 2.75) is 24.1 Å². The topological polar surface area (TPSA) is 78.5 Å². The van der Waals surface area contributed by atoms with Gasteiger partial charge < -0.3 is 10.2 Å². The molecule has 0 aliphatic rings. The van der Waals surface area contributed by atoms with E-state index in [1.165, 1.54) is 18.3 Å². The molecule has 0 spiro atoms. The van der Waals surface area contributed by atoms with Crippen LogP contribution in [-0.2, 0) is 21.4 Å². The summed E-state index contributed by atoms with van der Waals surface area (Å²) in [5, 5.41) is 2.66. The van der Waals surface area contributed by atoms with Gasteiger partial charge in [-0.25, -0.2) is 13.1 Å². The molecule has 1 heterocycles. The Labute approximate surface area is 152 Å². The molecule has 0 saturated heterocycles. The Bertz CT molecular complexity index is 788. The first-order chi connectivity index (χ1) is 11.9. The van der Waals surface area contributed by atoms with Gasteiger partial charge >= 0.3 is 0 Å². The number of benzene rings is 1. The predicted molar refractivity (Wildman–Crippen MR) is 101 cm³/mol. The van der Waals surface area contributed by atoms with Gasteiger partial charge in [0.2, 0.25) is 15.9 Å². The van der Waals surface area contributed by atoms with Crippen LogP contribution in [0.5, 0.6) is 0 Å². The third-order valence-corrected chi connectivity index (χ3v) is 6.61. The van der Waals surface area contributed by atoms with E-state index in [4.69, 9.17) is 0 Å². The third-order valence-electron chi connectivity index (χ3n) is 3.57. The Morgan fingerprint density at radius 2 is 1.88 bits per heavy atom. The van der Waals surface area contributed by atoms with Crippen molar-refractivity contribution in [2.75, 3.05) is 25.0 Å². The summed E-state index contributed by atoms with van der Waals surface area (Å²) in [5.74, 6) is -0.140. The number of carbonyl (C=O) groups is 1. The third kappa shape index (κ3) is 6.15. The van der Waals surface area contributed by atoms with E-state index in [2.05, 4.69) is 14.9 Å². The maximum Gasteiger partial charge on any atom is 0.250 e. The van der Waals surface area contributed by atoms with Crippen molar-refractivity contribution in [1.82, 2.24) is 10.0 Å². The minimum atomic E-state index is -3.50. The van der Waals surface area contributed by atoms with Gasteiger partial charge in [0.25, 0.3) is 0 Å². The molecule has 25 heavy (non-hydrogen) atoms. The summed E-state index contributed by atoms with van der Waals surface area (Å²) in [4.78, 5) is 13.8. The SMILES string of the molecule is CC(=O)NCc1ccc(S(=O)(=O)NCCCN(C)c2ccccc2)s1. The smallest absolute Gasteiger partial charge is 0.250 e. The van der Waals surface area contributed by atoms with Crippen LogP contribution in [0.25, 0.3) is 0 Å². The summed E-state index contributed by atoms with van der Waals surface area (Å²) < 4.78 is 27.5. The lowest BCUT2D eigenvalue weighted by Crippen LogP contribution is -2.27. The molecule has 2 aromatic rings. The van der Waals surface area contributed by atoms with Crippen LogP contribution < -0.4 is 14.9 Å². The molecule has 0 aliphatic carbocycles. The number of hydrogen-bond acceptors (Lipinski definition) is 5. The highest BCUT2D eigenvalue weighted by molar-refractivity contribution is 7.91. The van der Waals surface area contributed by atoms with E-state index in [-0.39, 0.29) is 10.1 Å². The van der Waals surface area contributed by atoms with Gasteiger partial charge in [-0.2, -0.15) is 0 Å². The molecule has 1 aromatic carbocycles. The molecule has 0 radical (unpaired) electrons. The summed E-state index contributed by atoms with van der Waals surface area (Å²) in [6.45, 7) is 2.90. The number of anilines is 1. The molecule has 0 aliphatic heterocycles. The first-order valence-electron chi connectivity index (χ1n) is 7.97. The van der Waals surface area contributed by atoms with Crippen LogP contribution in [0.4, 0.5) is 5.69 Å². The van der Waals surface area contributed by atoms with Crippen molar-refractivity contribution >= 4 is 33.0 Å². The summed E-state index contributed by atoms with van der Waals surface area (Å²) >= 11 is 1.17. The lowest BCUT2D eigenvalue weighted by atomic mass is 10.3. The number of sulfonamides is 1. The molecule has 0 bridgehead atoms. The van der Waals surface area contributed by atoms with Gasteiger partial charge in [0.05, 0.1) is 6.54 Å². The minimum Gasteiger partial charge on any atom is -0.375 e. The van der Waals surface area contributed by atoms with Crippen LogP contribution in [0.15, 0.2) is 46.7 Å². The van der Waals surface area contributed by atoms with Crippen molar-refractivity contribution < 1.29 is 13.2 Å². The van der Waals surface area contributed by atoms with E-state index >= 15 is 0 Å². The molecule has 1 amide bonds. The molecular weight excluding hydrogens is 358 g/mol. The van der Waals surface area contributed by atoms with Crippen molar-refractivity contribution in [3.8, 4) is 0 Å². The Morgan fingerprint density at radius 1 is 1.16 bits per heavy atom. The Hall–Kier alpha value is -1.90. The molecular formula is C17H23N3O3S2. The van der Waals surface area contributed by atoms with Crippen molar-refractivity contribution in [1.29, 1.82) is 0 Å². The van der Waals surface area contributed by atoms with E-state index in [9.17, 15) is 13.2 Å². The molecule has 0 fully saturated rings. The molecule has 2 rings (SSSR count). The molecule has 0 saturated carbocycles. The van der Waals surface area contributed by atoms with Crippen LogP contribution in [-0.4, -0.2) is 34.5 Å². The standard InChI is InChI=1S/C17H23N3O3S2/c1-14(21)18-13-16-9-10-17(24-16)25(22,23)19-11-6-12-20(2)15-7-4-3-5-8-15/h3-5,7-10,19H,6,11-13H2,1-2H3,(H,18,21). The lowest BCUT2D eigenvalue weighted by molar-refractivity contribution is -0.119. The molecule has 2 N–H and O–H groups in total. The molecule has 8 heteroatoms. The number of rotatable bonds is 9. The number of amides is 1. The largest absolute Gasteiger partial charge is 0.375 e. The summed E-state index contributed by atoms with van der Waals surface area (Å²) in [6.07, 6.45) is 0.703. The lowest BCUT2D eigenvalue weighted by Gasteiger charge is -2.19. The summed E-state index contributed by atoms with van der Waals surface area (Å²) in [7, 11) is -1.52. The minimum absolute atomic E-state index is 0.140. The second-order valence-electron chi connectivity index (χ2n) is 5.64. The van der Waals surface area contributed by atoms with Crippen LogP contribution >= 0.6 is 11.3 Å². The highest BCUT2D eigenvalue weighted by Crippen LogP contribution is 2.21. The van der Waals surface area contributed by atoms with Crippen LogP contribution in [0.3, 0.4) is 0 Å². The fourth-order valence-electron chi connectivity index (χ4n) is 2.21. The Kier molecular flexibility index (Phi) is 6.98. The maximum absolute atomic E-state index is 12.3. The van der Waals surface area contributed by atoms with Gasteiger partial charge in [-0.1, -0.05) is 18.2 Å². The van der Waals surface area contributed by atoms with Crippen LogP contribution in [0, 0.1) is 0 Å². The van der Waals surface area contributed by atoms with Crippen molar-refractivity contribution in [3.05, 3.63) is 47.3 Å². The molecule has 136 valence electrons. The number of para-hydroxylation sites is 1. The quantitative estimate of drug-likeness (QED) is 0.653. The zero-order valence-electron chi connectivity index (χ0n) is 14.4. The van der Waals surface area contributed by atoms with Gasteiger partial charge in [-0.3, -0.25) is 4.79 Å². The number of thiophene rings is 1. The van der Waals surface area contributed by atoms with Crippen LogP contribution in [0.2, 0.25) is 0 Å². The average molecular weight is 382 g/mol. The Morgan fingerprint density at radius 3 is 2.56 bits per heavy atom. The normalized spacial score (nSPS) is 11.3. The van der Waals surface area contributed by atoms with E-state index in [1.807, 2.05) is 37.4 Å². The predicted octanol–water partition coefficient (Wildman–Crippen LogP) is 2.19. The monoisotopic (exact) mass is 381 g/mol. The average Bonchev–Trinajstić information content (AvgIpc) is 3.07. The zero-order valence-corrected chi connectivity index (χ0v) is 16.0. The molecule has 0 atom stereocenters. The zero-order chi connectivity index (χ0) is 18.3. The van der Waals surface area contributed by atoms with Crippen molar-refractivity contribution in [3.63, 3.8) is 0 Å². The maximum atomic E-state index is 12.3. The number of nitrogens with zero attached hydrogens (tertiary/aromatic N) is 1. The van der Waals surface area contributed by atoms with E-state index in [1.54, 1.807) is 12.1 Å². The van der Waals surface area contributed by atoms with Gasteiger partial charge in [0.15, 0.2) is 0 Å². The molecule has 1 aromatic heterocycles. The summed E-state index contributed by atoms with van der Waals surface area (Å²) in [5.41, 5.74) is 1.10. The van der Waals surface area contributed by atoms with Crippen molar-refractivity contribution in [2.24, 2.45) is 0 Å². The molecule has 6 nitrogen and oxygen atoms in total. The first-order valence-corrected chi connectivity index (χ1v) is 10.3. The highest BCUT2D eigenvalue weighted by Gasteiger charge is 2.16. The van der Waals surface area contributed by atoms with Crippen LogP contribution in [0.1, 0.15) is 18.2 Å². The summed E-state index contributed by atoms with van der Waals surface area (Å²) in [6, 6.07) is 13.2. The molecule has 0 unspecified atom stereocenters. The number of carbonyl (C=O) groups excluding carboxylic acids is 1. The van der Waals surface area contributed by atoms with Gasteiger partial charge in [0, 0.05) is 37.6 Å². The Balaban J connectivity index is 1.80. The van der Waals surface area contributed by atoms with E-state index < -0.39 is 10.0 Å². The van der Waals surface area contributed by atoms with E-state index in [0.717, 1.165) is 17.1 Å². The first kappa shape index (κ1) is 19.4. The second kappa shape index (κ2) is 8.98. The fourth-order valence-corrected chi connectivity index (χ4v) is 4.63. The van der Waals surface area contributed by atoms with E-state index in [0.29, 0.717) is 19.5 Å². The fraction of sp³-hybridized carbons (Fsp3) is 0.353. The highest BCUT2D eigenvalue weighted by atomic mass is 32.2. The number of hydrogen-bond donors (Lipinski definition) is 2. The van der Waals surface area contributed by atoms with Gasteiger partial charge in [0.1, 0.15) is 4.21 Å². The second-order valence-corrected chi connectivity index (χ2v) is 8.80. The van der Waals surface area contributed by atoms with Gasteiger partial charge in [-0.15, -0.1) is 11.3 Å². The number of nitrogens with one attached hydrogen (secondary N) is 2. The van der Waals surface area contributed by atoms with Gasteiger partial charge in [-0.05, 0) is 30.7 Å².